The third-order valence-corrected chi connectivity index (χ3v) is 1.93. The van der Waals surface area contributed by atoms with Crippen molar-refractivity contribution in [2.45, 2.75) is 24.8 Å². The second-order valence-corrected chi connectivity index (χ2v) is 3.01. The molecule has 0 amide bonds. The zero-order chi connectivity index (χ0) is 7.45. The highest BCUT2D eigenvalue weighted by Crippen LogP contribution is 2.20. The van der Waals surface area contributed by atoms with Crippen LogP contribution >= 0.6 is 0 Å². The summed E-state index contributed by atoms with van der Waals surface area (Å²) in [5, 5.41) is 0. The Labute approximate surface area is 62.1 Å². The van der Waals surface area contributed by atoms with Crippen molar-refractivity contribution >= 4 is 0 Å². The maximum absolute atomic E-state index is 5.99. The summed E-state index contributed by atoms with van der Waals surface area (Å²) in [6.07, 6.45) is 7.43. The molecule has 1 rings (SSSR count). The second-order valence-electron chi connectivity index (χ2n) is 3.01. The van der Waals surface area contributed by atoms with Crippen molar-refractivity contribution in [3.63, 3.8) is 0 Å². The first kappa shape index (κ1) is 7.76. The summed E-state index contributed by atoms with van der Waals surface area (Å²) >= 11 is 0. The fourth-order valence-corrected chi connectivity index (χ4v) is 1.33. The Morgan fingerprint density at radius 2 is 2.40 bits per heavy atom. The number of methoxy groups -OCH3 is 1. The maximum Gasteiger partial charge on any atom is 0.0645 e. The van der Waals surface area contributed by atoms with Gasteiger partial charge < -0.3 is 10.5 Å². The van der Waals surface area contributed by atoms with Gasteiger partial charge in [-0.05, 0) is 19.3 Å². The molecule has 1 unspecified atom stereocenters. The van der Waals surface area contributed by atoms with Crippen LogP contribution in [-0.2, 0) is 4.74 Å². The highest BCUT2D eigenvalue weighted by molar-refractivity contribution is 5.01. The lowest BCUT2D eigenvalue weighted by Gasteiger charge is -2.29. The van der Waals surface area contributed by atoms with Gasteiger partial charge in [-0.1, -0.05) is 12.2 Å². The monoisotopic (exact) mass is 141 g/mol. The number of hydrogen-bond donors (Lipinski definition) is 1. The molecule has 0 aromatic rings. The van der Waals surface area contributed by atoms with E-state index in [1.807, 2.05) is 0 Å². The van der Waals surface area contributed by atoms with E-state index in [1.165, 1.54) is 0 Å². The average Bonchev–Trinajstić information content (AvgIpc) is 1.89. The van der Waals surface area contributed by atoms with E-state index < -0.39 is 0 Å². The standard InChI is InChI=1S/C8H15NO/c1-10-7-8(9)5-3-2-4-6-8/h2-3H,4-7,9H2,1H3. The van der Waals surface area contributed by atoms with Crippen LogP contribution in [0.5, 0.6) is 0 Å². The van der Waals surface area contributed by atoms with Gasteiger partial charge in [0.05, 0.1) is 6.61 Å². The Bertz CT molecular complexity index is 133. The number of hydrogen-bond acceptors (Lipinski definition) is 2. The predicted molar refractivity (Wildman–Crippen MR) is 41.8 cm³/mol. The van der Waals surface area contributed by atoms with Gasteiger partial charge in [0.2, 0.25) is 0 Å². The van der Waals surface area contributed by atoms with Gasteiger partial charge in [0, 0.05) is 12.6 Å². The van der Waals surface area contributed by atoms with Crippen molar-refractivity contribution in [1.82, 2.24) is 0 Å². The topological polar surface area (TPSA) is 35.2 Å². The lowest BCUT2D eigenvalue weighted by molar-refractivity contribution is 0.126. The zero-order valence-corrected chi connectivity index (χ0v) is 6.47. The molecule has 10 heavy (non-hydrogen) atoms. The largest absolute Gasteiger partial charge is 0.383 e. The molecule has 0 aromatic heterocycles. The van der Waals surface area contributed by atoms with Crippen LogP contribution in [0.4, 0.5) is 0 Å². The van der Waals surface area contributed by atoms with Crippen LogP contribution in [0.25, 0.3) is 0 Å². The minimum atomic E-state index is -0.0799. The van der Waals surface area contributed by atoms with E-state index >= 15 is 0 Å². The molecule has 0 saturated carbocycles. The maximum atomic E-state index is 5.99. The highest BCUT2D eigenvalue weighted by atomic mass is 16.5. The molecule has 0 spiro atoms. The van der Waals surface area contributed by atoms with Crippen molar-refractivity contribution in [3.05, 3.63) is 12.2 Å². The van der Waals surface area contributed by atoms with Gasteiger partial charge in [-0.2, -0.15) is 0 Å². The molecule has 0 heterocycles. The number of rotatable bonds is 2. The zero-order valence-electron chi connectivity index (χ0n) is 6.47. The Morgan fingerprint density at radius 1 is 1.60 bits per heavy atom. The smallest absolute Gasteiger partial charge is 0.0645 e. The molecule has 0 aromatic carbocycles. The molecule has 0 bridgehead atoms. The van der Waals surface area contributed by atoms with Crippen LogP contribution in [0.1, 0.15) is 19.3 Å². The molecule has 1 atom stereocenters. The first-order valence-corrected chi connectivity index (χ1v) is 3.70. The molecule has 0 radical (unpaired) electrons. The van der Waals surface area contributed by atoms with E-state index in [9.17, 15) is 0 Å². The summed E-state index contributed by atoms with van der Waals surface area (Å²) in [4.78, 5) is 0. The van der Waals surface area contributed by atoms with Gasteiger partial charge in [0.1, 0.15) is 0 Å². The lowest BCUT2D eigenvalue weighted by Crippen LogP contribution is -2.44. The summed E-state index contributed by atoms with van der Waals surface area (Å²) < 4.78 is 5.03. The molecule has 58 valence electrons. The van der Waals surface area contributed by atoms with Crippen LogP contribution in [0.15, 0.2) is 12.2 Å². The number of nitrogens with two attached hydrogens (primary N) is 1. The molecule has 2 heteroatoms. The van der Waals surface area contributed by atoms with Crippen molar-refractivity contribution < 1.29 is 4.74 Å². The number of ether oxygens (including phenoxy) is 1. The Balaban J connectivity index is 2.43. The van der Waals surface area contributed by atoms with Gasteiger partial charge in [-0.15, -0.1) is 0 Å². The summed E-state index contributed by atoms with van der Waals surface area (Å²) in [6.45, 7) is 0.678. The quantitative estimate of drug-likeness (QED) is 0.584. The molecular weight excluding hydrogens is 126 g/mol. The van der Waals surface area contributed by atoms with E-state index in [2.05, 4.69) is 12.2 Å². The van der Waals surface area contributed by atoms with Crippen LogP contribution in [0.2, 0.25) is 0 Å². The first-order valence-electron chi connectivity index (χ1n) is 3.70. The van der Waals surface area contributed by atoms with Crippen molar-refractivity contribution in [2.75, 3.05) is 13.7 Å². The van der Waals surface area contributed by atoms with E-state index in [0.29, 0.717) is 6.61 Å². The summed E-state index contributed by atoms with van der Waals surface area (Å²) in [5.41, 5.74) is 5.91. The Morgan fingerprint density at radius 3 is 2.90 bits per heavy atom. The van der Waals surface area contributed by atoms with Crippen LogP contribution < -0.4 is 5.73 Å². The minimum absolute atomic E-state index is 0.0799. The molecule has 1 aliphatic carbocycles. The van der Waals surface area contributed by atoms with Crippen LogP contribution in [0, 0.1) is 0 Å². The van der Waals surface area contributed by atoms with E-state index in [1.54, 1.807) is 7.11 Å². The van der Waals surface area contributed by atoms with E-state index in [4.69, 9.17) is 10.5 Å². The van der Waals surface area contributed by atoms with Crippen molar-refractivity contribution in [3.8, 4) is 0 Å². The minimum Gasteiger partial charge on any atom is -0.383 e. The SMILES string of the molecule is COCC1(N)CC=CCC1. The van der Waals surface area contributed by atoms with Gasteiger partial charge in [-0.25, -0.2) is 0 Å². The third kappa shape index (κ3) is 1.82. The highest BCUT2D eigenvalue weighted by Gasteiger charge is 2.24. The summed E-state index contributed by atoms with van der Waals surface area (Å²) in [5.74, 6) is 0. The molecule has 0 saturated heterocycles. The molecule has 0 fully saturated rings. The Hall–Kier alpha value is -0.340. The van der Waals surface area contributed by atoms with Crippen LogP contribution in [0.3, 0.4) is 0 Å². The van der Waals surface area contributed by atoms with Gasteiger partial charge >= 0.3 is 0 Å². The van der Waals surface area contributed by atoms with Gasteiger partial charge in [0.15, 0.2) is 0 Å². The van der Waals surface area contributed by atoms with Gasteiger partial charge in [0.25, 0.3) is 0 Å². The van der Waals surface area contributed by atoms with Crippen molar-refractivity contribution in [2.24, 2.45) is 5.73 Å². The molecule has 2 nitrogen and oxygen atoms in total. The molecule has 0 aliphatic heterocycles. The summed E-state index contributed by atoms with van der Waals surface area (Å²) in [7, 11) is 1.70. The number of allylic oxidation sites excluding steroid dienone is 1. The molecular formula is C8H15NO. The molecule has 2 N–H and O–H groups in total. The van der Waals surface area contributed by atoms with Crippen LogP contribution in [-0.4, -0.2) is 19.3 Å². The fourth-order valence-electron chi connectivity index (χ4n) is 1.33. The predicted octanol–water partition coefficient (Wildman–Crippen LogP) is 1.07. The fraction of sp³-hybridized carbons (Fsp3) is 0.750. The van der Waals surface area contributed by atoms with Crippen molar-refractivity contribution in [1.29, 1.82) is 0 Å². The molecule has 1 aliphatic rings. The second kappa shape index (κ2) is 3.17. The van der Waals surface area contributed by atoms with E-state index in [0.717, 1.165) is 19.3 Å². The average molecular weight is 141 g/mol. The Kier molecular flexibility index (Phi) is 2.46. The third-order valence-electron chi connectivity index (χ3n) is 1.93. The summed E-state index contributed by atoms with van der Waals surface area (Å²) in [6, 6.07) is 0. The lowest BCUT2D eigenvalue weighted by atomic mass is 9.88. The van der Waals surface area contributed by atoms with E-state index in [-0.39, 0.29) is 5.54 Å². The normalized spacial score (nSPS) is 32.6. The first-order chi connectivity index (χ1) is 4.77. The van der Waals surface area contributed by atoms with Gasteiger partial charge in [-0.3, -0.25) is 0 Å².